The molecular weight excluding hydrogens is 486 g/mol. The van der Waals surface area contributed by atoms with Crippen LogP contribution in [0.25, 0.3) is 0 Å². The average Bonchev–Trinajstić information content (AvgIpc) is 2.87. The molecule has 0 aromatic heterocycles. The highest BCUT2D eigenvalue weighted by atomic mass is 16.6. The Bertz CT molecular complexity index is 460. The van der Waals surface area contributed by atoms with E-state index in [1.165, 1.54) is 0 Å². The number of unbranched alkanes of at least 4 members (excludes halogenated alkanes) is 3. The maximum absolute atomic E-state index is 10.4. The quantitative estimate of drug-likeness (QED) is 0.0768. The Morgan fingerprint density at radius 2 is 0.730 bits per heavy atom. The fourth-order valence-electron chi connectivity index (χ4n) is 3.05. The Labute approximate surface area is 222 Å². The molecule has 0 heterocycles. The van der Waals surface area contributed by atoms with Gasteiger partial charge >= 0.3 is 11.9 Å². The second kappa shape index (κ2) is 30.8. The third-order valence-corrected chi connectivity index (χ3v) is 5.05. The van der Waals surface area contributed by atoms with E-state index in [1.807, 2.05) is 0 Å². The van der Waals surface area contributed by atoms with Crippen LogP contribution in [0.3, 0.4) is 0 Å². The predicted molar refractivity (Wildman–Crippen MR) is 140 cm³/mol. The van der Waals surface area contributed by atoms with Crippen molar-refractivity contribution in [3.05, 3.63) is 0 Å². The molecule has 0 aromatic carbocycles. The van der Waals surface area contributed by atoms with Gasteiger partial charge in [-0.2, -0.15) is 0 Å². The molecule has 0 aliphatic carbocycles. The van der Waals surface area contributed by atoms with Gasteiger partial charge in [0.2, 0.25) is 0 Å². The minimum absolute atomic E-state index is 0.225. The van der Waals surface area contributed by atoms with Crippen molar-refractivity contribution >= 4 is 11.9 Å². The van der Waals surface area contributed by atoms with Crippen molar-refractivity contribution in [1.29, 1.82) is 0 Å². The first-order chi connectivity index (χ1) is 18.1. The van der Waals surface area contributed by atoms with E-state index in [2.05, 4.69) is 16.0 Å². The molecule has 12 heteroatoms. The molecule has 5 N–H and O–H groups in total. The second-order valence-electron chi connectivity index (χ2n) is 8.37. The van der Waals surface area contributed by atoms with E-state index in [4.69, 9.17) is 33.9 Å². The fourth-order valence-corrected chi connectivity index (χ4v) is 3.05. The van der Waals surface area contributed by atoms with Gasteiger partial charge < -0.3 is 49.8 Å². The minimum atomic E-state index is -0.745. The van der Waals surface area contributed by atoms with E-state index in [0.717, 1.165) is 65.0 Å². The Hall–Kier alpha value is -1.38. The molecule has 0 radical (unpaired) electrons. The van der Waals surface area contributed by atoms with Gasteiger partial charge in [0.05, 0.1) is 66.1 Å². The molecule has 0 atom stereocenters. The van der Waals surface area contributed by atoms with Crippen LogP contribution in [0.5, 0.6) is 0 Å². The summed E-state index contributed by atoms with van der Waals surface area (Å²) >= 11 is 0. The smallest absolute Gasteiger partial charge is 0.303 e. The molecule has 12 nitrogen and oxygen atoms in total. The van der Waals surface area contributed by atoms with E-state index in [1.54, 1.807) is 0 Å². The lowest BCUT2D eigenvalue weighted by Crippen LogP contribution is -2.30. The fraction of sp³-hybridized carbons (Fsp3) is 0.920. The molecule has 0 aliphatic rings. The summed E-state index contributed by atoms with van der Waals surface area (Å²) in [5.41, 5.74) is 0. The standard InChI is InChI=1S/C25H51N3O9/c29-24(30)6-2-1-4-8-26-10-11-28-13-15-34-17-19-36-21-23-37-22-20-35-18-16-33-14-12-27-9-5-3-7-25(31)32/h26-28H,1-23H2,(H,29,30)(H,31,32). The average molecular weight is 538 g/mol. The number of ether oxygens (including phenoxy) is 5. The molecule has 0 saturated carbocycles. The van der Waals surface area contributed by atoms with Gasteiger partial charge in [0, 0.05) is 39.0 Å². The maximum Gasteiger partial charge on any atom is 0.303 e. The second-order valence-corrected chi connectivity index (χ2v) is 8.37. The summed E-state index contributed by atoms with van der Waals surface area (Å²) in [6.07, 6.45) is 4.73. The van der Waals surface area contributed by atoms with Gasteiger partial charge in [-0.05, 0) is 38.8 Å². The van der Waals surface area contributed by atoms with Crippen molar-refractivity contribution < 1.29 is 43.5 Å². The first-order valence-electron chi connectivity index (χ1n) is 13.6. The lowest BCUT2D eigenvalue weighted by molar-refractivity contribution is -0.138. The molecule has 0 rings (SSSR count). The van der Waals surface area contributed by atoms with Crippen molar-refractivity contribution in [3.8, 4) is 0 Å². The van der Waals surface area contributed by atoms with Gasteiger partial charge in [-0.1, -0.05) is 6.42 Å². The zero-order chi connectivity index (χ0) is 27.1. The highest BCUT2D eigenvalue weighted by molar-refractivity contribution is 5.66. The lowest BCUT2D eigenvalue weighted by atomic mass is 10.2. The summed E-state index contributed by atoms with van der Waals surface area (Å²) in [6.45, 7) is 10.5. The highest BCUT2D eigenvalue weighted by Crippen LogP contribution is 1.98. The van der Waals surface area contributed by atoms with Crippen molar-refractivity contribution in [1.82, 2.24) is 16.0 Å². The lowest BCUT2D eigenvalue weighted by Gasteiger charge is -2.09. The number of nitrogens with one attached hydrogen (secondary N) is 3. The summed E-state index contributed by atoms with van der Waals surface area (Å²) in [5.74, 6) is -1.47. The van der Waals surface area contributed by atoms with Gasteiger partial charge in [0.15, 0.2) is 0 Å². The van der Waals surface area contributed by atoms with Gasteiger partial charge in [0.1, 0.15) is 0 Å². The molecule has 0 spiro atoms. The summed E-state index contributed by atoms with van der Waals surface area (Å²) in [7, 11) is 0. The number of carboxylic acid groups (broad SMARTS) is 2. The predicted octanol–water partition coefficient (Wildman–Crippen LogP) is 0.738. The third-order valence-electron chi connectivity index (χ3n) is 5.05. The Balaban J connectivity index is 3.03. The molecule has 0 saturated heterocycles. The van der Waals surface area contributed by atoms with Crippen molar-refractivity contribution in [2.24, 2.45) is 0 Å². The Kier molecular flexibility index (Phi) is 29.7. The number of carboxylic acids is 2. The van der Waals surface area contributed by atoms with Gasteiger partial charge in [-0.25, -0.2) is 0 Å². The van der Waals surface area contributed by atoms with Crippen LogP contribution in [0.2, 0.25) is 0 Å². The Morgan fingerprint density at radius 3 is 1.16 bits per heavy atom. The SMILES string of the molecule is O=C(O)CCCCCNCCNCCOCCOCCOCCOCCOCCNCCCCC(=O)O. The molecule has 0 fully saturated rings. The first-order valence-corrected chi connectivity index (χ1v) is 13.6. The van der Waals surface area contributed by atoms with Crippen LogP contribution in [0.15, 0.2) is 0 Å². The largest absolute Gasteiger partial charge is 0.481 e. The number of hydrogen-bond donors (Lipinski definition) is 5. The van der Waals surface area contributed by atoms with Crippen LogP contribution >= 0.6 is 0 Å². The molecule has 0 bridgehead atoms. The van der Waals surface area contributed by atoms with Gasteiger partial charge in [0.25, 0.3) is 0 Å². The number of aliphatic carboxylic acids is 2. The summed E-state index contributed by atoms with van der Waals surface area (Å²) < 4.78 is 27.3. The van der Waals surface area contributed by atoms with E-state index in [0.29, 0.717) is 72.5 Å². The number of hydrogen-bond acceptors (Lipinski definition) is 10. The van der Waals surface area contributed by atoms with E-state index < -0.39 is 11.9 Å². The molecular formula is C25H51N3O9. The molecule has 37 heavy (non-hydrogen) atoms. The molecule has 0 aromatic rings. The van der Waals surface area contributed by atoms with Gasteiger partial charge in [-0.3, -0.25) is 9.59 Å². The van der Waals surface area contributed by atoms with Crippen molar-refractivity contribution in [2.45, 2.75) is 44.9 Å². The third kappa shape index (κ3) is 34.6. The van der Waals surface area contributed by atoms with E-state index in [-0.39, 0.29) is 12.8 Å². The molecule has 220 valence electrons. The normalized spacial score (nSPS) is 11.2. The zero-order valence-electron chi connectivity index (χ0n) is 22.5. The molecule has 0 amide bonds. The number of rotatable bonds is 32. The van der Waals surface area contributed by atoms with Crippen LogP contribution in [-0.4, -0.2) is 127 Å². The number of carbonyl (C=O) groups is 2. The molecule has 0 unspecified atom stereocenters. The van der Waals surface area contributed by atoms with E-state index in [9.17, 15) is 9.59 Å². The summed E-state index contributed by atoms with van der Waals surface area (Å²) in [5, 5.41) is 27.0. The van der Waals surface area contributed by atoms with Crippen molar-refractivity contribution in [2.75, 3.05) is 105 Å². The van der Waals surface area contributed by atoms with Crippen LogP contribution in [0.1, 0.15) is 44.9 Å². The maximum atomic E-state index is 10.4. The van der Waals surface area contributed by atoms with Crippen LogP contribution in [0.4, 0.5) is 0 Å². The summed E-state index contributed by atoms with van der Waals surface area (Å²) in [4.78, 5) is 20.8. The topological polar surface area (TPSA) is 157 Å². The van der Waals surface area contributed by atoms with Gasteiger partial charge in [-0.15, -0.1) is 0 Å². The van der Waals surface area contributed by atoms with Crippen LogP contribution in [0, 0.1) is 0 Å². The minimum Gasteiger partial charge on any atom is -0.481 e. The van der Waals surface area contributed by atoms with Crippen LogP contribution in [-0.2, 0) is 33.3 Å². The zero-order valence-corrected chi connectivity index (χ0v) is 22.5. The monoisotopic (exact) mass is 537 g/mol. The first kappa shape index (κ1) is 35.6. The molecule has 0 aliphatic heterocycles. The Morgan fingerprint density at radius 1 is 0.405 bits per heavy atom. The summed E-state index contributed by atoms with van der Waals surface area (Å²) in [6, 6.07) is 0. The van der Waals surface area contributed by atoms with Crippen LogP contribution < -0.4 is 16.0 Å². The highest BCUT2D eigenvalue weighted by Gasteiger charge is 1.98. The van der Waals surface area contributed by atoms with Crippen molar-refractivity contribution in [3.63, 3.8) is 0 Å². The van der Waals surface area contributed by atoms with E-state index >= 15 is 0 Å².